The highest BCUT2D eigenvalue weighted by Gasteiger charge is 2.13. The largest absolute Gasteiger partial charge is 0.482 e. The Morgan fingerprint density at radius 2 is 1.66 bits per heavy atom. The van der Waals surface area contributed by atoms with Gasteiger partial charge in [-0.05, 0) is 63.2 Å². The van der Waals surface area contributed by atoms with Gasteiger partial charge in [-0.1, -0.05) is 11.6 Å². The Kier molecular flexibility index (Phi) is 8.34. The number of carbonyl (C=O) groups is 2. The average Bonchev–Trinajstić information content (AvgIpc) is 2.73. The van der Waals surface area contributed by atoms with Gasteiger partial charge in [-0.2, -0.15) is 0 Å². The van der Waals surface area contributed by atoms with Crippen molar-refractivity contribution in [2.24, 2.45) is 0 Å². The average molecular weight is 418 g/mol. The fourth-order valence-electron chi connectivity index (χ4n) is 2.76. The Morgan fingerprint density at radius 1 is 1.00 bits per heavy atom. The van der Waals surface area contributed by atoms with Gasteiger partial charge in [0.1, 0.15) is 5.75 Å². The molecule has 2 amide bonds. The summed E-state index contributed by atoms with van der Waals surface area (Å²) in [5.74, 6) is 0.0786. The molecule has 2 rings (SSSR count). The minimum Gasteiger partial charge on any atom is -0.482 e. The Labute approximate surface area is 177 Å². The molecule has 2 aromatic rings. The summed E-state index contributed by atoms with van der Waals surface area (Å²) in [7, 11) is 2.00. The van der Waals surface area contributed by atoms with Crippen LogP contribution in [0.25, 0.3) is 0 Å². The number of nitrogens with zero attached hydrogens (tertiary/aromatic N) is 2. The van der Waals surface area contributed by atoms with Gasteiger partial charge in [-0.3, -0.25) is 9.59 Å². The number of likely N-dealkylation sites (N-methyl/N-ethyl adjacent to an activating group) is 1. The van der Waals surface area contributed by atoms with E-state index < -0.39 is 0 Å². The van der Waals surface area contributed by atoms with E-state index in [9.17, 15) is 9.59 Å². The minimum absolute atomic E-state index is 0.0777. The van der Waals surface area contributed by atoms with Crippen LogP contribution in [0.3, 0.4) is 0 Å². The molecule has 0 aliphatic carbocycles. The number of anilines is 2. The number of benzene rings is 2. The van der Waals surface area contributed by atoms with Crippen molar-refractivity contribution in [2.75, 3.05) is 43.5 Å². The topological polar surface area (TPSA) is 61.9 Å². The number of ether oxygens (including phenoxy) is 1. The molecule has 0 aromatic heterocycles. The standard InChI is InChI=1S/C22H28ClN3O3/c1-5-25(4)18-11-8-16(9-12-18)22(28)24-17-10-13-20(19(23)14-17)29-15-21(27)26(6-2)7-3/h8-14H,5-7,15H2,1-4H3,(H,24,28). The van der Waals surface area contributed by atoms with Crippen molar-refractivity contribution < 1.29 is 14.3 Å². The number of carbonyl (C=O) groups excluding carboxylic acids is 2. The third-order valence-corrected chi connectivity index (χ3v) is 5.00. The molecular weight excluding hydrogens is 390 g/mol. The van der Waals surface area contributed by atoms with Crippen LogP contribution in [0.1, 0.15) is 31.1 Å². The van der Waals surface area contributed by atoms with Crippen molar-refractivity contribution in [1.29, 1.82) is 0 Å². The Hall–Kier alpha value is -2.73. The fourth-order valence-corrected chi connectivity index (χ4v) is 2.99. The van der Waals surface area contributed by atoms with Gasteiger partial charge in [-0.25, -0.2) is 0 Å². The van der Waals surface area contributed by atoms with Crippen molar-refractivity contribution in [3.63, 3.8) is 0 Å². The van der Waals surface area contributed by atoms with Crippen LogP contribution in [0.5, 0.6) is 5.75 Å². The highest BCUT2D eigenvalue weighted by molar-refractivity contribution is 6.32. The van der Waals surface area contributed by atoms with Gasteiger partial charge in [-0.15, -0.1) is 0 Å². The Balaban J connectivity index is 1.99. The normalized spacial score (nSPS) is 10.4. The van der Waals surface area contributed by atoms with Gasteiger partial charge in [0.2, 0.25) is 0 Å². The molecule has 7 heteroatoms. The molecule has 0 bridgehead atoms. The van der Waals surface area contributed by atoms with Crippen molar-refractivity contribution in [1.82, 2.24) is 4.90 Å². The van der Waals surface area contributed by atoms with Crippen molar-refractivity contribution in [3.8, 4) is 5.75 Å². The van der Waals surface area contributed by atoms with Crippen LogP contribution in [-0.4, -0.2) is 50.0 Å². The number of halogens is 1. The monoisotopic (exact) mass is 417 g/mol. The Bertz CT molecular complexity index is 836. The van der Waals surface area contributed by atoms with E-state index in [1.54, 1.807) is 35.2 Å². The quantitative estimate of drug-likeness (QED) is 0.660. The summed E-state index contributed by atoms with van der Waals surface area (Å²) in [5.41, 5.74) is 2.16. The number of hydrogen-bond acceptors (Lipinski definition) is 4. The SMILES string of the molecule is CCN(CC)C(=O)COc1ccc(NC(=O)c2ccc(N(C)CC)cc2)cc1Cl. The zero-order valence-corrected chi connectivity index (χ0v) is 18.1. The van der Waals surface area contributed by atoms with Crippen LogP contribution in [0, 0.1) is 0 Å². The van der Waals surface area contributed by atoms with Gasteiger partial charge < -0.3 is 19.9 Å². The summed E-state index contributed by atoms with van der Waals surface area (Å²) < 4.78 is 5.53. The number of amides is 2. The molecule has 0 saturated carbocycles. The first-order valence-corrected chi connectivity index (χ1v) is 10.1. The fraction of sp³-hybridized carbons (Fsp3) is 0.364. The molecule has 0 atom stereocenters. The first-order valence-electron chi connectivity index (χ1n) is 9.72. The summed E-state index contributed by atoms with van der Waals surface area (Å²) >= 11 is 6.25. The zero-order valence-electron chi connectivity index (χ0n) is 17.4. The van der Waals surface area contributed by atoms with E-state index in [4.69, 9.17) is 16.3 Å². The molecule has 0 saturated heterocycles. The molecule has 0 spiro atoms. The summed E-state index contributed by atoms with van der Waals surface area (Å²) in [4.78, 5) is 28.3. The van der Waals surface area contributed by atoms with Gasteiger partial charge in [0.15, 0.2) is 6.61 Å². The highest BCUT2D eigenvalue weighted by atomic mass is 35.5. The summed E-state index contributed by atoms with van der Waals surface area (Å²) in [6.07, 6.45) is 0. The Morgan fingerprint density at radius 3 is 2.21 bits per heavy atom. The summed E-state index contributed by atoms with van der Waals surface area (Å²) in [5, 5.41) is 3.15. The maximum atomic E-state index is 12.5. The number of nitrogens with one attached hydrogen (secondary N) is 1. The molecule has 156 valence electrons. The third-order valence-electron chi connectivity index (χ3n) is 4.70. The van der Waals surface area contributed by atoms with Gasteiger partial charge in [0, 0.05) is 43.6 Å². The molecular formula is C22H28ClN3O3. The second-order valence-electron chi connectivity index (χ2n) is 6.52. The van der Waals surface area contributed by atoms with E-state index in [2.05, 4.69) is 17.1 Å². The van der Waals surface area contributed by atoms with E-state index in [-0.39, 0.29) is 18.4 Å². The van der Waals surface area contributed by atoms with E-state index in [1.807, 2.05) is 33.0 Å². The smallest absolute Gasteiger partial charge is 0.260 e. The number of rotatable bonds is 9. The lowest BCUT2D eigenvalue weighted by Crippen LogP contribution is -2.34. The van der Waals surface area contributed by atoms with Crippen LogP contribution in [0.4, 0.5) is 11.4 Å². The van der Waals surface area contributed by atoms with E-state index in [1.165, 1.54) is 0 Å². The lowest BCUT2D eigenvalue weighted by atomic mass is 10.1. The maximum Gasteiger partial charge on any atom is 0.260 e. The molecule has 0 radical (unpaired) electrons. The predicted octanol–water partition coefficient (Wildman–Crippen LogP) is 4.30. The molecule has 1 N–H and O–H groups in total. The zero-order chi connectivity index (χ0) is 21.4. The molecule has 0 fully saturated rings. The van der Waals surface area contributed by atoms with Crippen LogP contribution in [-0.2, 0) is 4.79 Å². The van der Waals surface area contributed by atoms with Crippen LogP contribution in [0.15, 0.2) is 42.5 Å². The van der Waals surface area contributed by atoms with Gasteiger partial charge in [0.05, 0.1) is 5.02 Å². The van der Waals surface area contributed by atoms with E-state index in [0.29, 0.717) is 35.1 Å². The molecule has 0 aliphatic rings. The predicted molar refractivity (Wildman–Crippen MR) is 118 cm³/mol. The van der Waals surface area contributed by atoms with Crippen molar-refractivity contribution in [2.45, 2.75) is 20.8 Å². The lowest BCUT2D eigenvalue weighted by Gasteiger charge is -2.19. The number of hydrogen-bond donors (Lipinski definition) is 1. The maximum absolute atomic E-state index is 12.5. The molecule has 0 heterocycles. The first-order chi connectivity index (χ1) is 13.9. The van der Waals surface area contributed by atoms with Crippen molar-refractivity contribution in [3.05, 3.63) is 53.1 Å². The van der Waals surface area contributed by atoms with E-state index in [0.717, 1.165) is 12.2 Å². The van der Waals surface area contributed by atoms with Crippen LogP contribution >= 0.6 is 11.6 Å². The molecule has 2 aromatic carbocycles. The minimum atomic E-state index is -0.225. The molecule has 0 aliphatic heterocycles. The second-order valence-corrected chi connectivity index (χ2v) is 6.92. The first kappa shape index (κ1) is 22.6. The second kappa shape index (κ2) is 10.7. The van der Waals surface area contributed by atoms with Gasteiger partial charge in [0.25, 0.3) is 11.8 Å². The van der Waals surface area contributed by atoms with Crippen molar-refractivity contribution >= 4 is 34.8 Å². The van der Waals surface area contributed by atoms with Gasteiger partial charge >= 0.3 is 0 Å². The summed E-state index contributed by atoms with van der Waals surface area (Å²) in [6.45, 7) is 7.98. The third kappa shape index (κ3) is 6.12. The van der Waals surface area contributed by atoms with E-state index >= 15 is 0 Å². The highest BCUT2D eigenvalue weighted by Crippen LogP contribution is 2.28. The van der Waals surface area contributed by atoms with Crippen LogP contribution < -0.4 is 15.0 Å². The van der Waals surface area contributed by atoms with Crippen LogP contribution in [0.2, 0.25) is 5.02 Å². The molecule has 6 nitrogen and oxygen atoms in total. The lowest BCUT2D eigenvalue weighted by molar-refractivity contribution is -0.132. The molecule has 0 unspecified atom stereocenters. The molecule has 29 heavy (non-hydrogen) atoms. The summed E-state index contributed by atoms with van der Waals surface area (Å²) in [6, 6.07) is 12.3.